The van der Waals surface area contributed by atoms with Crippen molar-refractivity contribution in [2.75, 3.05) is 7.05 Å². The van der Waals surface area contributed by atoms with Gasteiger partial charge < -0.3 is 10.1 Å². The normalized spacial score (nSPS) is 27.7. The molecule has 94 valence electrons. The zero-order valence-corrected chi connectivity index (χ0v) is 11.1. The maximum absolute atomic E-state index is 6.13. The summed E-state index contributed by atoms with van der Waals surface area (Å²) < 4.78 is 6.13. The number of hydrogen-bond acceptors (Lipinski definition) is 2. The summed E-state index contributed by atoms with van der Waals surface area (Å²) in [7, 11) is 2.04. The molecule has 0 amide bonds. The van der Waals surface area contributed by atoms with E-state index in [1.807, 2.05) is 37.4 Å². The Morgan fingerprint density at radius 3 is 2.59 bits per heavy atom. The van der Waals surface area contributed by atoms with Gasteiger partial charge in [0.2, 0.25) is 0 Å². The molecule has 0 spiro atoms. The predicted molar refractivity (Wildman–Crippen MR) is 71.3 cm³/mol. The molecule has 1 aliphatic rings. The third-order valence-electron chi connectivity index (χ3n) is 3.87. The van der Waals surface area contributed by atoms with Crippen LogP contribution >= 0.6 is 0 Å². The van der Waals surface area contributed by atoms with Crippen LogP contribution in [-0.4, -0.2) is 19.2 Å². The second-order valence-corrected chi connectivity index (χ2v) is 5.62. The van der Waals surface area contributed by atoms with Gasteiger partial charge in [0.1, 0.15) is 11.9 Å². The fraction of sp³-hybridized carbons (Fsp3) is 0.600. The van der Waals surface area contributed by atoms with Crippen LogP contribution in [0.15, 0.2) is 30.3 Å². The van der Waals surface area contributed by atoms with Gasteiger partial charge in [-0.3, -0.25) is 0 Å². The number of hydrogen-bond donors (Lipinski definition) is 1. The third kappa shape index (κ3) is 2.81. The van der Waals surface area contributed by atoms with Gasteiger partial charge in [-0.1, -0.05) is 32.0 Å². The standard InChI is InChI=1S/C15H23NO/c1-15(2)11-7-10-13(14(15)16-3)17-12-8-5-4-6-9-12/h4-6,8-9,13-14,16H,7,10-11H2,1-3H3. The summed E-state index contributed by atoms with van der Waals surface area (Å²) in [4.78, 5) is 0. The van der Waals surface area contributed by atoms with Crippen LogP contribution in [0.25, 0.3) is 0 Å². The summed E-state index contributed by atoms with van der Waals surface area (Å²) >= 11 is 0. The molecule has 0 aliphatic heterocycles. The molecule has 2 nitrogen and oxygen atoms in total. The summed E-state index contributed by atoms with van der Waals surface area (Å²) in [5.41, 5.74) is 0.312. The number of rotatable bonds is 3. The molecule has 1 aromatic carbocycles. The Hall–Kier alpha value is -1.02. The van der Waals surface area contributed by atoms with Crippen molar-refractivity contribution >= 4 is 0 Å². The maximum atomic E-state index is 6.13. The number of nitrogens with one attached hydrogen (secondary N) is 1. The summed E-state index contributed by atoms with van der Waals surface area (Å²) in [5, 5.41) is 3.44. The Kier molecular flexibility index (Phi) is 3.72. The van der Waals surface area contributed by atoms with E-state index < -0.39 is 0 Å². The zero-order valence-electron chi connectivity index (χ0n) is 11.1. The largest absolute Gasteiger partial charge is 0.489 e. The highest BCUT2D eigenvalue weighted by molar-refractivity contribution is 5.21. The topological polar surface area (TPSA) is 21.3 Å². The lowest BCUT2D eigenvalue weighted by Gasteiger charge is -2.43. The van der Waals surface area contributed by atoms with Crippen LogP contribution in [0.1, 0.15) is 33.1 Å². The van der Waals surface area contributed by atoms with E-state index in [-0.39, 0.29) is 6.10 Å². The summed E-state index contributed by atoms with van der Waals surface area (Å²) in [6.45, 7) is 4.66. The van der Waals surface area contributed by atoms with E-state index in [0.717, 1.165) is 12.2 Å². The molecule has 1 N–H and O–H groups in total. The van der Waals surface area contributed by atoms with Crippen molar-refractivity contribution in [2.45, 2.75) is 45.3 Å². The Morgan fingerprint density at radius 2 is 1.94 bits per heavy atom. The molecule has 1 aromatic rings. The molecule has 0 radical (unpaired) electrons. The molecule has 1 aliphatic carbocycles. The molecule has 17 heavy (non-hydrogen) atoms. The fourth-order valence-corrected chi connectivity index (χ4v) is 2.96. The summed E-state index contributed by atoms with van der Waals surface area (Å²) in [5.74, 6) is 0.982. The zero-order chi connectivity index (χ0) is 12.3. The van der Waals surface area contributed by atoms with Gasteiger partial charge in [-0.15, -0.1) is 0 Å². The first kappa shape index (κ1) is 12.4. The van der Waals surface area contributed by atoms with E-state index in [1.165, 1.54) is 12.8 Å². The van der Waals surface area contributed by atoms with Crippen LogP contribution in [-0.2, 0) is 0 Å². The molecule has 1 fully saturated rings. The van der Waals surface area contributed by atoms with E-state index in [2.05, 4.69) is 19.2 Å². The number of ether oxygens (including phenoxy) is 1. The average Bonchev–Trinajstić information content (AvgIpc) is 2.29. The van der Waals surface area contributed by atoms with E-state index in [4.69, 9.17) is 4.74 Å². The lowest BCUT2D eigenvalue weighted by Crippen LogP contribution is -2.53. The number of para-hydroxylation sites is 1. The highest BCUT2D eigenvalue weighted by atomic mass is 16.5. The molecular formula is C15H23NO. The van der Waals surface area contributed by atoms with E-state index in [9.17, 15) is 0 Å². The Bertz CT molecular complexity index is 347. The minimum absolute atomic E-state index is 0.283. The maximum Gasteiger partial charge on any atom is 0.119 e. The van der Waals surface area contributed by atoms with Gasteiger partial charge in [-0.2, -0.15) is 0 Å². The minimum Gasteiger partial charge on any atom is -0.489 e. The van der Waals surface area contributed by atoms with Crippen molar-refractivity contribution in [1.29, 1.82) is 0 Å². The van der Waals surface area contributed by atoms with E-state index in [0.29, 0.717) is 11.5 Å². The van der Waals surface area contributed by atoms with Crippen LogP contribution < -0.4 is 10.1 Å². The second-order valence-electron chi connectivity index (χ2n) is 5.62. The van der Waals surface area contributed by atoms with Gasteiger partial charge in [0.25, 0.3) is 0 Å². The quantitative estimate of drug-likeness (QED) is 0.865. The van der Waals surface area contributed by atoms with Gasteiger partial charge >= 0.3 is 0 Å². The van der Waals surface area contributed by atoms with Gasteiger partial charge in [-0.25, -0.2) is 0 Å². The third-order valence-corrected chi connectivity index (χ3v) is 3.87. The van der Waals surface area contributed by atoms with Crippen LogP contribution in [0.5, 0.6) is 5.75 Å². The van der Waals surface area contributed by atoms with Crippen LogP contribution in [0, 0.1) is 5.41 Å². The molecule has 0 saturated heterocycles. The SMILES string of the molecule is CNC1C(Oc2ccccc2)CCCC1(C)C. The molecular weight excluding hydrogens is 210 g/mol. The molecule has 0 heterocycles. The van der Waals surface area contributed by atoms with Crippen molar-refractivity contribution in [3.05, 3.63) is 30.3 Å². The Morgan fingerprint density at radius 1 is 1.24 bits per heavy atom. The van der Waals surface area contributed by atoms with Gasteiger partial charge in [-0.05, 0) is 43.9 Å². The molecule has 1 saturated carbocycles. The highest BCUT2D eigenvalue weighted by Crippen LogP contribution is 2.37. The first-order chi connectivity index (χ1) is 8.13. The van der Waals surface area contributed by atoms with Crippen molar-refractivity contribution in [2.24, 2.45) is 5.41 Å². The lowest BCUT2D eigenvalue weighted by atomic mass is 9.72. The smallest absolute Gasteiger partial charge is 0.119 e. The van der Waals surface area contributed by atoms with E-state index in [1.54, 1.807) is 0 Å². The first-order valence-electron chi connectivity index (χ1n) is 6.52. The van der Waals surface area contributed by atoms with Crippen LogP contribution in [0.3, 0.4) is 0 Å². The molecule has 0 bridgehead atoms. The van der Waals surface area contributed by atoms with Crippen LogP contribution in [0.4, 0.5) is 0 Å². The van der Waals surface area contributed by atoms with Gasteiger partial charge in [0, 0.05) is 6.04 Å². The van der Waals surface area contributed by atoms with Gasteiger partial charge in [0.05, 0.1) is 0 Å². The van der Waals surface area contributed by atoms with Gasteiger partial charge in [0.15, 0.2) is 0 Å². The monoisotopic (exact) mass is 233 g/mol. The lowest BCUT2D eigenvalue weighted by molar-refractivity contribution is 0.0404. The predicted octanol–water partition coefficient (Wildman–Crippen LogP) is 3.23. The Labute approximate surface area is 104 Å². The van der Waals surface area contributed by atoms with Crippen LogP contribution in [0.2, 0.25) is 0 Å². The minimum atomic E-state index is 0.283. The van der Waals surface area contributed by atoms with Crippen molar-refractivity contribution in [3.8, 4) is 5.75 Å². The number of likely N-dealkylation sites (N-methyl/N-ethyl adjacent to an activating group) is 1. The number of benzene rings is 1. The molecule has 2 rings (SSSR count). The molecule has 2 unspecified atom stereocenters. The van der Waals surface area contributed by atoms with E-state index >= 15 is 0 Å². The molecule has 0 aromatic heterocycles. The van der Waals surface area contributed by atoms with Crippen molar-refractivity contribution in [1.82, 2.24) is 5.32 Å². The fourth-order valence-electron chi connectivity index (χ4n) is 2.96. The average molecular weight is 233 g/mol. The molecule has 2 atom stereocenters. The first-order valence-corrected chi connectivity index (χ1v) is 6.52. The summed E-state index contributed by atoms with van der Waals surface area (Å²) in [6, 6.07) is 10.6. The Balaban J connectivity index is 2.09. The molecule has 2 heteroatoms. The second kappa shape index (κ2) is 5.09. The van der Waals surface area contributed by atoms with Crippen molar-refractivity contribution < 1.29 is 4.74 Å². The highest BCUT2D eigenvalue weighted by Gasteiger charge is 2.39. The summed E-state index contributed by atoms with van der Waals surface area (Å²) in [6.07, 6.45) is 3.95. The van der Waals surface area contributed by atoms with Crippen molar-refractivity contribution in [3.63, 3.8) is 0 Å².